The Balaban J connectivity index is 2.19. The second-order valence-electron chi connectivity index (χ2n) is 7.09. The summed E-state index contributed by atoms with van der Waals surface area (Å²) in [5.74, 6) is 1.27. The number of hydrogen-bond donors (Lipinski definition) is 1. The molecule has 2 aromatic rings. The van der Waals surface area contributed by atoms with Crippen molar-refractivity contribution in [3.05, 3.63) is 17.6 Å². The zero-order chi connectivity index (χ0) is 15.6. The van der Waals surface area contributed by atoms with Gasteiger partial charge in [0.05, 0.1) is 5.69 Å². The first kappa shape index (κ1) is 15.7. The zero-order valence-corrected chi connectivity index (χ0v) is 13.7. The summed E-state index contributed by atoms with van der Waals surface area (Å²) in [6, 6.07) is 0. The van der Waals surface area contributed by atoms with E-state index in [9.17, 15) is 5.11 Å². The number of hydrogen-bond acceptors (Lipinski definition) is 4. The highest BCUT2D eigenvalue weighted by molar-refractivity contribution is 5.40. The predicted molar refractivity (Wildman–Crippen MR) is 83.4 cm³/mol. The third kappa shape index (κ3) is 3.71. The molecule has 2 rings (SSSR count). The summed E-state index contributed by atoms with van der Waals surface area (Å²) in [7, 11) is 0. The SMILES string of the molecule is CCc1nc2ncnn2c(O)c1CCC(C)CC(C)(C)C. The van der Waals surface area contributed by atoms with Gasteiger partial charge in [-0.1, -0.05) is 34.6 Å². The Bertz CT molecular complexity index is 612. The smallest absolute Gasteiger partial charge is 0.255 e. The van der Waals surface area contributed by atoms with Crippen LogP contribution in [0.15, 0.2) is 6.33 Å². The van der Waals surface area contributed by atoms with E-state index in [0.29, 0.717) is 17.1 Å². The van der Waals surface area contributed by atoms with Crippen LogP contribution >= 0.6 is 0 Å². The van der Waals surface area contributed by atoms with Crippen LogP contribution in [0.4, 0.5) is 0 Å². The van der Waals surface area contributed by atoms with Crippen LogP contribution in [0.25, 0.3) is 5.78 Å². The van der Waals surface area contributed by atoms with Crippen molar-refractivity contribution in [2.75, 3.05) is 0 Å². The standard InChI is InChI=1S/C16H26N4O/c1-6-13-12(8-7-11(2)9-16(3,4)5)14(21)20-15(19-13)17-10-18-20/h10-11,21H,6-9H2,1-5H3. The van der Waals surface area contributed by atoms with Gasteiger partial charge in [0, 0.05) is 5.56 Å². The first-order valence-electron chi connectivity index (χ1n) is 7.72. The number of nitrogens with zero attached hydrogens (tertiary/aromatic N) is 4. The number of aromatic hydroxyl groups is 1. The summed E-state index contributed by atoms with van der Waals surface area (Å²) in [6.07, 6.45) is 5.26. The minimum absolute atomic E-state index is 0.192. The number of aromatic nitrogens is 4. The van der Waals surface area contributed by atoms with E-state index in [0.717, 1.165) is 30.5 Å². The summed E-state index contributed by atoms with van der Waals surface area (Å²) in [6.45, 7) is 11.1. The lowest BCUT2D eigenvalue weighted by Gasteiger charge is -2.23. The van der Waals surface area contributed by atoms with E-state index in [4.69, 9.17) is 0 Å². The minimum Gasteiger partial charge on any atom is -0.493 e. The van der Waals surface area contributed by atoms with Crippen LogP contribution in [-0.2, 0) is 12.8 Å². The van der Waals surface area contributed by atoms with E-state index < -0.39 is 0 Å². The molecule has 1 unspecified atom stereocenters. The van der Waals surface area contributed by atoms with Crippen molar-refractivity contribution in [2.24, 2.45) is 11.3 Å². The van der Waals surface area contributed by atoms with Crippen molar-refractivity contribution in [1.82, 2.24) is 19.6 Å². The molecular weight excluding hydrogens is 264 g/mol. The van der Waals surface area contributed by atoms with Gasteiger partial charge in [0.15, 0.2) is 0 Å². The molecule has 0 amide bonds. The van der Waals surface area contributed by atoms with Gasteiger partial charge in [0.1, 0.15) is 6.33 Å². The molecule has 5 nitrogen and oxygen atoms in total. The van der Waals surface area contributed by atoms with E-state index in [-0.39, 0.29) is 5.88 Å². The van der Waals surface area contributed by atoms with Crippen molar-refractivity contribution < 1.29 is 5.11 Å². The summed E-state index contributed by atoms with van der Waals surface area (Å²) in [5, 5.41) is 14.5. The Morgan fingerprint density at radius 3 is 2.67 bits per heavy atom. The van der Waals surface area contributed by atoms with Crippen molar-refractivity contribution in [2.45, 2.75) is 60.3 Å². The normalized spacial score (nSPS) is 13.8. The Labute approximate surface area is 126 Å². The second-order valence-corrected chi connectivity index (χ2v) is 7.09. The van der Waals surface area contributed by atoms with E-state index in [1.165, 1.54) is 17.3 Å². The first-order valence-corrected chi connectivity index (χ1v) is 7.72. The van der Waals surface area contributed by atoms with Gasteiger partial charge in [-0.25, -0.2) is 4.98 Å². The van der Waals surface area contributed by atoms with Crippen LogP contribution in [0.2, 0.25) is 0 Å². The fraction of sp³-hybridized carbons (Fsp3) is 0.688. The molecule has 0 saturated carbocycles. The van der Waals surface area contributed by atoms with Gasteiger partial charge in [0.25, 0.3) is 5.78 Å². The van der Waals surface area contributed by atoms with Crippen molar-refractivity contribution in [3.8, 4) is 5.88 Å². The van der Waals surface area contributed by atoms with Crippen LogP contribution in [-0.4, -0.2) is 24.7 Å². The van der Waals surface area contributed by atoms with Gasteiger partial charge in [-0.05, 0) is 37.0 Å². The Morgan fingerprint density at radius 2 is 2.05 bits per heavy atom. The van der Waals surface area contributed by atoms with Crippen molar-refractivity contribution in [1.29, 1.82) is 0 Å². The van der Waals surface area contributed by atoms with Gasteiger partial charge in [-0.3, -0.25) is 0 Å². The molecule has 2 heterocycles. The monoisotopic (exact) mass is 290 g/mol. The summed E-state index contributed by atoms with van der Waals surface area (Å²) >= 11 is 0. The third-order valence-electron chi connectivity index (χ3n) is 3.77. The highest BCUT2D eigenvalue weighted by Crippen LogP contribution is 2.29. The topological polar surface area (TPSA) is 63.3 Å². The average Bonchev–Trinajstić information content (AvgIpc) is 2.83. The predicted octanol–water partition coefficient (Wildman–Crippen LogP) is 3.40. The molecule has 1 N–H and O–H groups in total. The highest BCUT2D eigenvalue weighted by Gasteiger charge is 2.18. The molecule has 0 aliphatic carbocycles. The Morgan fingerprint density at radius 1 is 1.33 bits per heavy atom. The molecule has 1 atom stereocenters. The quantitative estimate of drug-likeness (QED) is 0.916. The van der Waals surface area contributed by atoms with Gasteiger partial charge < -0.3 is 5.11 Å². The molecule has 0 aromatic carbocycles. The molecule has 0 aliphatic rings. The van der Waals surface area contributed by atoms with E-state index >= 15 is 0 Å². The second kappa shape index (κ2) is 6.00. The summed E-state index contributed by atoms with van der Waals surface area (Å²) in [5.41, 5.74) is 2.18. The summed E-state index contributed by atoms with van der Waals surface area (Å²) < 4.78 is 1.42. The molecular formula is C16H26N4O. The van der Waals surface area contributed by atoms with E-state index in [2.05, 4.69) is 49.7 Å². The first-order chi connectivity index (χ1) is 9.81. The molecule has 2 aromatic heterocycles. The molecule has 0 saturated heterocycles. The largest absolute Gasteiger partial charge is 0.493 e. The summed E-state index contributed by atoms with van der Waals surface area (Å²) in [4.78, 5) is 8.55. The van der Waals surface area contributed by atoms with Crippen molar-refractivity contribution >= 4 is 5.78 Å². The van der Waals surface area contributed by atoms with E-state index in [1.54, 1.807) is 0 Å². The van der Waals surface area contributed by atoms with Crippen LogP contribution in [0.3, 0.4) is 0 Å². The van der Waals surface area contributed by atoms with Crippen molar-refractivity contribution in [3.63, 3.8) is 0 Å². The maximum absolute atomic E-state index is 10.4. The molecule has 0 aliphatic heterocycles. The average molecular weight is 290 g/mol. The lowest BCUT2D eigenvalue weighted by molar-refractivity contribution is 0.296. The molecule has 21 heavy (non-hydrogen) atoms. The Hall–Kier alpha value is -1.65. The fourth-order valence-electron chi connectivity index (χ4n) is 2.99. The van der Waals surface area contributed by atoms with Gasteiger partial charge in [-0.2, -0.15) is 14.6 Å². The van der Waals surface area contributed by atoms with Crippen LogP contribution < -0.4 is 0 Å². The van der Waals surface area contributed by atoms with Crippen LogP contribution in [0.5, 0.6) is 5.88 Å². The molecule has 0 bridgehead atoms. The van der Waals surface area contributed by atoms with Gasteiger partial charge in [0.2, 0.25) is 5.88 Å². The minimum atomic E-state index is 0.192. The lowest BCUT2D eigenvalue weighted by Crippen LogP contribution is -2.12. The molecule has 5 heteroatoms. The molecule has 0 radical (unpaired) electrons. The van der Waals surface area contributed by atoms with Gasteiger partial charge in [-0.15, -0.1) is 0 Å². The zero-order valence-electron chi connectivity index (χ0n) is 13.7. The van der Waals surface area contributed by atoms with E-state index in [1.807, 2.05) is 0 Å². The Kier molecular flexibility index (Phi) is 4.49. The highest BCUT2D eigenvalue weighted by atomic mass is 16.3. The lowest BCUT2D eigenvalue weighted by atomic mass is 9.83. The molecule has 0 spiro atoms. The third-order valence-corrected chi connectivity index (χ3v) is 3.77. The number of aryl methyl sites for hydroxylation is 1. The van der Waals surface area contributed by atoms with Crippen LogP contribution in [0.1, 0.15) is 58.7 Å². The number of rotatable bonds is 5. The maximum atomic E-state index is 10.4. The molecule has 0 fully saturated rings. The van der Waals surface area contributed by atoms with Crippen LogP contribution in [0, 0.1) is 11.3 Å². The van der Waals surface area contributed by atoms with Gasteiger partial charge >= 0.3 is 0 Å². The molecule has 116 valence electrons. The maximum Gasteiger partial charge on any atom is 0.255 e. The fourth-order valence-corrected chi connectivity index (χ4v) is 2.99. The number of fused-ring (bicyclic) bond motifs is 1.